The Kier molecular flexibility index (Phi) is 7.74. The molecule has 0 saturated heterocycles. The quantitative estimate of drug-likeness (QED) is 0.0966. The van der Waals surface area contributed by atoms with Crippen molar-refractivity contribution in [1.29, 1.82) is 0 Å². The van der Waals surface area contributed by atoms with Crippen LogP contribution in [0.25, 0.3) is 38.4 Å². The Balaban J connectivity index is 1.21. The average Bonchev–Trinajstić information content (AvgIpc) is 3.34. The van der Waals surface area contributed by atoms with Gasteiger partial charge in [-0.1, -0.05) is 48.2 Å². The fourth-order valence-corrected chi connectivity index (χ4v) is 5.93. The van der Waals surface area contributed by atoms with Gasteiger partial charge >= 0.3 is 0 Å². The summed E-state index contributed by atoms with van der Waals surface area (Å²) in [5.74, 6) is 0.438. The number of thioether (sulfide) groups is 1. The van der Waals surface area contributed by atoms with Crippen LogP contribution < -0.4 is 15.7 Å². The number of amides is 1. The van der Waals surface area contributed by atoms with Crippen molar-refractivity contribution in [1.82, 2.24) is 19.5 Å². The largest absolute Gasteiger partial charge is 0.494 e. The number of nitrogens with one attached hydrogen (secondary N) is 1. The number of rotatable bonds is 9. The Hall–Kier alpha value is -4.89. The minimum atomic E-state index is -0.305. The molecule has 0 saturated carbocycles. The van der Waals surface area contributed by atoms with E-state index in [0.29, 0.717) is 34.1 Å². The standard InChI is InChI=1S/C33H29N5O3S/c1-3-37-29-12-8-6-9-25(29)27-19-22(13-18-30(27)37)20-34-36-31(39)21-42-33-35-28-11-7-5-10-26(28)32(40)38(33)23-14-16-24(17-15-23)41-4-2/h5-20H,3-4,21H2,1-2H3,(H,36,39). The molecule has 2 heterocycles. The fraction of sp³-hybridized carbons (Fsp3) is 0.152. The molecule has 0 aliphatic heterocycles. The molecular weight excluding hydrogens is 546 g/mol. The summed E-state index contributed by atoms with van der Waals surface area (Å²) in [7, 11) is 0. The maximum atomic E-state index is 13.5. The molecule has 0 fully saturated rings. The molecule has 0 spiro atoms. The van der Waals surface area contributed by atoms with Gasteiger partial charge in [0.15, 0.2) is 5.16 Å². The Bertz CT molecular complexity index is 2010. The second kappa shape index (κ2) is 11.9. The van der Waals surface area contributed by atoms with Crippen molar-refractivity contribution in [3.05, 3.63) is 107 Å². The molecule has 0 unspecified atom stereocenters. The summed E-state index contributed by atoms with van der Waals surface area (Å²) in [6.07, 6.45) is 1.64. The number of hydrogen-bond acceptors (Lipinski definition) is 6. The molecule has 1 N–H and O–H groups in total. The minimum absolute atomic E-state index is 0.0299. The molecule has 0 bridgehead atoms. The van der Waals surface area contributed by atoms with E-state index in [2.05, 4.69) is 46.3 Å². The lowest BCUT2D eigenvalue weighted by Crippen LogP contribution is -2.24. The molecular formula is C33H29N5O3S. The third kappa shape index (κ3) is 5.26. The number of ether oxygens (including phenoxy) is 1. The van der Waals surface area contributed by atoms with Crippen molar-refractivity contribution in [3.8, 4) is 11.4 Å². The van der Waals surface area contributed by atoms with Crippen LogP contribution in [-0.4, -0.2) is 38.6 Å². The number of hydrogen-bond donors (Lipinski definition) is 1. The van der Waals surface area contributed by atoms with Gasteiger partial charge in [0.25, 0.3) is 11.5 Å². The predicted molar refractivity (Wildman–Crippen MR) is 170 cm³/mol. The maximum absolute atomic E-state index is 13.5. The summed E-state index contributed by atoms with van der Waals surface area (Å²) in [6, 6.07) is 29.0. The molecule has 0 radical (unpaired) electrons. The van der Waals surface area contributed by atoms with E-state index in [-0.39, 0.29) is 17.2 Å². The van der Waals surface area contributed by atoms with Gasteiger partial charge in [0.1, 0.15) is 5.75 Å². The van der Waals surface area contributed by atoms with Gasteiger partial charge in [-0.25, -0.2) is 10.4 Å². The molecule has 6 rings (SSSR count). The lowest BCUT2D eigenvalue weighted by molar-refractivity contribution is -0.118. The van der Waals surface area contributed by atoms with E-state index in [1.165, 1.54) is 27.2 Å². The molecule has 8 nitrogen and oxygen atoms in total. The number of benzene rings is 4. The Morgan fingerprint density at radius 1 is 0.929 bits per heavy atom. The van der Waals surface area contributed by atoms with Crippen molar-refractivity contribution < 1.29 is 9.53 Å². The first-order valence-electron chi connectivity index (χ1n) is 13.8. The predicted octanol–water partition coefficient (Wildman–Crippen LogP) is 6.15. The van der Waals surface area contributed by atoms with Crippen LogP contribution in [0.5, 0.6) is 5.75 Å². The van der Waals surface area contributed by atoms with Crippen LogP contribution in [0.3, 0.4) is 0 Å². The van der Waals surface area contributed by atoms with E-state index in [9.17, 15) is 9.59 Å². The molecule has 1 amide bonds. The number of carbonyl (C=O) groups is 1. The zero-order valence-electron chi connectivity index (χ0n) is 23.3. The van der Waals surface area contributed by atoms with Crippen molar-refractivity contribution in [2.45, 2.75) is 25.5 Å². The number of hydrazone groups is 1. The molecule has 9 heteroatoms. The first-order valence-corrected chi connectivity index (χ1v) is 14.8. The normalized spacial score (nSPS) is 11.6. The zero-order valence-corrected chi connectivity index (χ0v) is 24.1. The van der Waals surface area contributed by atoms with Crippen molar-refractivity contribution >= 4 is 56.6 Å². The van der Waals surface area contributed by atoms with Crippen molar-refractivity contribution in [2.24, 2.45) is 5.10 Å². The van der Waals surface area contributed by atoms with Gasteiger partial charge in [0.2, 0.25) is 0 Å². The molecule has 210 valence electrons. The molecule has 6 aromatic rings. The lowest BCUT2D eigenvalue weighted by Gasteiger charge is -2.13. The third-order valence-electron chi connectivity index (χ3n) is 7.00. The van der Waals surface area contributed by atoms with Gasteiger partial charge in [-0.05, 0) is 74.0 Å². The second-order valence-corrected chi connectivity index (χ2v) is 10.5. The molecule has 0 atom stereocenters. The molecule has 42 heavy (non-hydrogen) atoms. The maximum Gasteiger partial charge on any atom is 0.266 e. The number of aromatic nitrogens is 3. The fourth-order valence-electron chi connectivity index (χ4n) is 5.13. The van der Waals surface area contributed by atoms with E-state index >= 15 is 0 Å². The first-order chi connectivity index (χ1) is 20.6. The highest BCUT2D eigenvalue weighted by Gasteiger charge is 2.15. The van der Waals surface area contributed by atoms with Crippen LogP contribution in [0, 0.1) is 0 Å². The Morgan fingerprint density at radius 2 is 1.67 bits per heavy atom. The second-order valence-electron chi connectivity index (χ2n) is 9.60. The molecule has 0 aliphatic carbocycles. The number of carbonyl (C=O) groups excluding carboxylic acids is 1. The van der Waals surface area contributed by atoms with Crippen LogP contribution in [0.4, 0.5) is 0 Å². The summed E-state index contributed by atoms with van der Waals surface area (Å²) in [5, 5.41) is 7.45. The monoisotopic (exact) mass is 575 g/mol. The number of para-hydroxylation sites is 2. The van der Waals surface area contributed by atoms with Gasteiger partial charge < -0.3 is 9.30 Å². The van der Waals surface area contributed by atoms with Gasteiger partial charge in [0, 0.05) is 28.4 Å². The summed E-state index contributed by atoms with van der Waals surface area (Å²) >= 11 is 1.18. The van der Waals surface area contributed by atoms with Crippen molar-refractivity contribution in [3.63, 3.8) is 0 Å². The van der Waals surface area contributed by atoms with Gasteiger partial charge in [0.05, 0.1) is 35.2 Å². The summed E-state index contributed by atoms with van der Waals surface area (Å²) in [6.45, 7) is 5.48. The van der Waals surface area contributed by atoms with E-state index in [4.69, 9.17) is 9.72 Å². The van der Waals surface area contributed by atoms with Gasteiger partial charge in [-0.3, -0.25) is 14.2 Å². The average molecular weight is 576 g/mol. The van der Waals surface area contributed by atoms with Crippen LogP contribution in [0.15, 0.2) is 106 Å². The number of nitrogens with zero attached hydrogens (tertiary/aromatic N) is 4. The highest BCUT2D eigenvalue weighted by molar-refractivity contribution is 7.99. The van der Waals surface area contributed by atoms with Gasteiger partial charge in [-0.15, -0.1) is 0 Å². The number of aryl methyl sites for hydroxylation is 1. The summed E-state index contributed by atoms with van der Waals surface area (Å²) in [4.78, 5) is 31.0. The molecule has 4 aromatic carbocycles. The first kappa shape index (κ1) is 27.3. The Labute approximate surface area is 246 Å². The zero-order chi connectivity index (χ0) is 29.1. The van der Waals surface area contributed by atoms with Gasteiger partial charge in [-0.2, -0.15) is 5.10 Å². The van der Waals surface area contributed by atoms with E-state index in [0.717, 1.165) is 23.0 Å². The molecule has 0 aliphatic rings. The van der Waals surface area contributed by atoms with E-state index < -0.39 is 0 Å². The highest BCUT2D eigenvalue weighted by atomic mass is 32.2. The number of fused-ring (bicyclic) bond motifs is 4. The van der Waals surface area contributed by atoms with Crippen LogP contribution >= 0.6 is 11.8 Å². The summed E-state index contributed by atoms with van der Waals surface area (Å²) in [5.41, 5.74) is 6.86. The van der Waals surface area contributed by atoms with E-state index in [1.54, 1.807) is 18.3 Å². The molecule has 2 aromatic heterocycles. The highest BCUT2D eigenvalue weighted by Crippen LogP contribution is 2.29. The van der Waals surface area contributed by atoms with E-state index in [1.807, 2.05) is 61.5 Å². The van der Waals surface area contributed by atoms with Crippen LogP contribution in [0.1, 0.15) is 19.4 Å². The topological polar surface area (TPSA) is 90.5 Å². The Morgan fingerprint density at radius 3 is 2.45 bits per heavy atom. The smallest absolute Gasteiger partial charge is 0.266 e. The SMILES string of the molecule is CCOc1ccc(-n2c(SCC(=O)NN=Cc3ccc4c(c3)c3ccccc3n4CC)nc3ccccc3c2=O)cc1. The third-order valence-corrected chi connectivity index (χ3v) is 7.94. The summed E-state index contributed by atoms with van der Waals surface area (Å²) < 4.78 is 9.37. The van der Waals surface area contributed by atoms with Crippen molar-refractivity contribution in [2.75, 3.05) is 12.4 Å². The minimum Gasteiger partial charge on any atom is -0.494 e. The van der Waals surface area contributed by atoms with Crippen LogP contribution in [-0.2, 0) is 11.3 Å². The lowest BCUT2D eigenvalue weighted by atomic mass is 10.1. The van der Waals surface area contributed by atoms with Crippen LogP contribution in [0.2, 0.25) is 0 Å².